The van der Waals surface area contributed by atoms with Crippen LogP contribution in [0.4, 0.5) is 0 Å². The number of likely N-dealkylation sites (N-methyl/N-ethyl adjacent to an activating group) is 1. The van der Waals surface area contributed by atoms with Crippen molar-refractivity contribution < 1.29 is 4.79 Å². The van der Waals surface area contributed by atoms with Crippen molar-refractivity contribution in [3.8, 4) is 11.5 Å². The number of carbonyl (C=O) groups excluding carboxylic acids is 1. The van der Waals surface area contributed by atoms with Gasteiger partial charge in [0.05, 0.1) is 0 Å². The van der Waals surface area contributed by atoms with E-state index in [1.54, 1.807) is 6.08 Å². The zero-order chi connectivity index (χ0) is 20.6. The van der Waals surface area contributed by atoms with Gasteiger partial charge in [0.1, 0.15) is 8.07 Å². The molecule has 27 heavy (non-hydrogen) atoms. The molecule has 0 aliphatic carbocycles. The number of amides is 1. The summed E-state index contributed by atoms with van der Waals surface area (Å²) < 4.78 is 0. The maximum Gasteiger partial charge on any atom is 0.247 e. The number of rotatable bonds is 7. The van der Waals surface area contributed by atoms with E-state index in [0.717, 1.165) is 11.1 Å². The van der Waals surface area contributed by atoms with Gasteiger partial charge in [-0.25, -0.2) is 0 Å². The van der Waals surface area contributed by atoms with Gasteiger partial charge in [0, 0.05) is 24.7 Å². The third kappa shape index (κ3) is 5.59. The molecule has 148 valence electrons. The van der Waals surface area contributed by atoms with Crippen LogP contribution in [0.15, 0.2) is 36.4 Å². The third-order valence-corrected chi connectivity index (χ3v) is 12.0. The Morgan fingerprint density at radius 2 is 1.44 bits per heavy atom. The van der Waals surface area contributed by atoms with Crippen molar-refractivity contribution in [3.63, 3.8) is 0 Å². The van der Waals surface area contributed by atoms with Gasteiger partial charge >= 0.3 is 0 Å². The molecule has 1 rings (SSSR count). The van der Waals surface area contributed by atoms with E-state index in [4.69, 9.17) is 0 Å². The molecule has 0 saturated heterocycles. The molecule has 0 aliphatic rings. The van der Waals surface area contributed by atoms with Gasteiger partial charge in [-0.2, -0.15) is 0 Å². The fraction of sp³-hybridized carbons (Fsp3) is 0.542. The summed E-state index contributed by atoms with van der Waals surface area (Å²) in [5.41, 5.74) is 7.33. The van der Waals surface area contributed by atoms with E-state index in [2.05, 4.69) is 53.0 Å². The molecule has 0 atom stereocenters. The van der Waals surface area contributed by atoms with E-state index in [9.17, 15) is 4.79 Å². The van der Waals surface area contributed by atoms with Crippen LogP contribution in [0, 0.1) is 11.5 Å². The first-order valence-corrected chi connectivity index (χ1v) is 12.5. The average Bonchev–Trinajstić information content (AvgIpc) is 2.62. The van der Waals surface area contributed by atoms with Crippen molar-refractivity contribution >= 4 is 19.6 Å². The lowest BCUT2D eigenvalue weighted by Crippen LogP contribution is -2.43. The average molecular weight is 384 g/mol. The molecule has 2 nitrogen and oxygen atoms in total. The molecule has 0 unspecified atom stereocenters. The molecule has 0 bridgehead atoms. The van der Waals surface area contributed by atoms with Gasteiger partial charge in [0.15, 0.2) is 0 Å². The van der Waals surface area contributed by atoms with E-state index < -0.39 is 8.07 Å². The predicted molar refractivity (Wildman–Crippen MR) is 121 cm³/mol. The molecular formula is C24H37NOSi. The molecule has 0 heterocycles. The Hall–Kier alpha value is -1.79. The second-order valence-corrected chi connectivity index (χ2v) is 13.7. The summed E-state index contributed by atoms with van der Waals surface area (Å²) in [6, 6.07) is 10.1. The SMILES string of the molecule is CCN(CC)C(=O)/C=C(\C#C[Si](C(C)C)(C(C)C)C(C)C)c1ccccc1. The molecule has 0 aliphatic heterocycles. The molecule has 0 fully saturated rings. The highest BCUT2D eigenvalue weighted by atomic mass is 28.3. The maximum atomic E-state index is 12.7. The Morgan fingerprint density at radius 1 is 0.963 bits per heavy atom. The van der Waals surface area contributed by atoms with Crippen LogP contribution in [-0.4, -0.2) is 32.0 Å². The van der Waals surface area contributed by atoms with Crippen molar-refractivity contribution in [2.45, 2.75) is 72.0 Å². The van der Waals surface area contributed by atoms with E-state index in [1.165, 1.54) is 0 Å². The first kappa shape index (κ1) is 23.2. The van der Waals surface area contributed by atoms with E-state index >= 15 is 0 Å². The predicted octanol–water partition coefficient (Wildman–Crippen LogP) is 6.16. The highest BCUT2D eigenvalue weighted by Crippen LogP contribution is 2.40. The fourth-order valence-corrected chi connectivity index (χ4v) is 9.39. The lowest BCUT2D eigenvalue weighted by molar-refractivity contribution is -0.125. The third-order valence-electron chi connectivity index (χ3n) is 5.71. The van der Waals surface area contributed by atoms with Gasteiger partial charge in [-0.3, -0.25) is 4.79 Å². The highest BCUT2D eigenvalue weighted by Gasteiger charge is 2.41. The number of nitrogens with zero attached hydrogens (tertiary/aromatic N) is 1. The molecular weight excluding hydrogens is 346 g/mol. The highest BCUT2D eigenvalue weighted by molar-refractivity contribution is 6.90. The van der Waals surface area contributed by atoms with Crippen LogP contribution < -0.4 is 0 Å². The van der Waals surface area contributed by atoms with Crippen LogP contribution in [0.2, 0.25) is 16.6 Å². The van der Waals surface area contributed by atoms with Crippen molar-refractivity contribution in [2.24, 2.45) is 0 Å². The lowest BCUT2D eigenvalue weighted by Gasteiger charge is -2.38. The minimum absolute atomic E-state index is 0.0408. The maximum absolute atomic E-state index is 12.7. The van der Waals surface area contributed by atoms with Crippen molar-refractivity contribution in [3.05, 3.63) is 42.0 Å². The Labute approximate surface area is 168 Å². The van der Waals surface area contributed by atoms with Gasteiger partial charge < -0.3 is 4.90 Å². The lowest BCUT2D eigenvalue weighted by atomic mass is 10.1. The number of allylic oxidation sites excluding steroid dienone is 1. The van der Waals surface area contributed by atoms with Crippen LogP contribution in [-0.2, 0) is 4.79 Å². The van der Waals surface area contributed by atoms with Crippen LogP contribution in [0.25, 0.3) is 5.57 Å². The number of carbonyl (C=O) groups is 1. The zero-order valence-corrected chi connectivity index (χ0v) is 19.5. The minimum Gasteiger partial charge on any atom is -0.340 e. The monoisotopic (exact) mass is 383 g/mol. The second kappa shape index (κ2) is 10.5. The van der Waals surface area contributed by atoms with Crippen molar-refractivity contribution in [2.75, 3.05) is 13.1 Å². The molecule has 0 saturated carbocycles. The smallest absolute Gasteiger partial charge is 0.247 e. The topological polar surface area (TPSA) is 20.3 Å². The zero-order valence-electron chi connectivity index (χ0n) is 18.5. The van der Waals surface area contributed by atoms with E-state index in [0.29, 0.717) is 29.7 Å². The van der Waals surface area contributed by atoms with Crippen LogP contribution in [0.5, 0.6) is 0 Å². The summed E-state index contributed by atoms with van der Waals surface area (Å²) in [5, 5.41) is 0. The Kier molecular flexibility index (Phi) is 9.06. The summed E-state index contributed by atoms with van der Waals surface area (Å²) in [5.74, 6) is 3.52. The Morgan fingerprint density at radius 3 is 1.85 bits per heavy atom. The van der Waals surface area contributed by atoms with Gasteiger partial charge in [-0.05, 0) is 36.0 Å². The molecule has 1 amide bonds. The summed E-state index contributed by atoms with van der Waals surface area (Å²) in [6.45, 7) is 19.3. The molecule has 0 N–H and O–H groups in total. The first-order chi connectivity index (χ1) is 12.7. The van der Waals surface area contributed by atoms with Crippen LogP contribution in [0.3, 0.4) is 0 Å². The molecule has 3 heteroatoms. The van der Waals surface area contributed by atoms with E-state index in [-0.39, 0.29) is 5.91 Å². The van der Waals surface area contributed by atoms with Gasteiger partial charge in [0.25, 0.3) is 0 Å². The summed E-state index contributed by atoms with van der Waals surface area (Å²) >= 11 is 0. The minimum atomic E-state index is -1.84. The van der Waals surface area contributed by atoms with Gasteiger partial charge in [-0.15, -0.1) is 5.54 Å². The standard InChI is InChI=1S/C24H37NOSi/c1-9-25(10-2)24(26)18-23(22-14-12-11-13-15-22)16-17-27(19(3)4,20(5)6)21(7)8/h11-15,18-21H,9-10H2,1-8H3/b23-18+. The number of hydrogen-bond acceptors (Lipinski definition) is 1. The second-order valence-electron chi connectivity index (χ2n) is 8.08. The van der Waals surface area contributed by atoms with Gasteiger partial charge in [-0.1, -0.05) is 77.8 Å². The van der Waals surface area contributed by atoms with Crippen LogP contribution in [0.1, 0.15) is 61.0 Å². The summed E-state index contributed by atoms with van der Waals surface area (Å²) in [6.07, 6.45) is 1.73. The molecule has 0 radical (unpaired) electrons. The quantitative estimate of drug-likeness (QED) is 0.314. The van der Waals surface area contributed by atoms with Gasteiger partial charge in [0.2, 0.25) is 5.91 Å². The molecule has 0 spiro atoms. The van der Waals surface area contributed by atoms with E-state index in [1.807, 2.05) is 49.1 Å². The number of hydrogen-bond donors (Lipinski definition) is 0. The first-order valence-electron chi connectivity index (χ1n) is 10.3. The van der Waals surface area contributed by atoms with Crippen molar-refractivity contribution in [1.29, 1.82) is 0 Å². The normalized spacial score (nSPS) is 12.3. The molecule has 1 aromatic carbocycles. The Balaban J connectivity index is 3.51. The summed E-state index contributed by atoms with van der Waals surface area (Å²) in [4.78, 5) is 14.5. The molecule has 1 aromatic rings. The largest absolute Gasteiger partial charge is 0.340 e. The number of benzene rings is 1. The summed E-state index contributed by atoms with van der Waals surface area (Å²) in [7, 11) is -1.84. The molecule has 0 aromatic heterocycles. The van der Waals surface area contributed by atoms with Crippen LogP contribution >= 0.6 is 0 Å². The fourth-order valence-electron chi connectivity index (χ4n) is 4.17. The Bertz CT molecular complexity index is 666. The van der Waals surface area contributed by atoms with Crippen molar-refractivity contribution in [1.82, 2.24) is 4.90 Å².